The monoisotopic (exact) mass is 234 g/mol. The van der Waals surface area contributed by atoms with Gasteiger partial charge in [0.15, 0.2) is 0 Å². The van der Waals surface area contributed by atoms with Gasteiger partial charge < -0.3 is 4.74 Å². The Morgan fingerprint density at radius 1 is 1.31 bits per heavy atom. The lowest BCUT2D eigenvalue weighted by Gasteiger charge is -2.04. The Labute approximate surface area is 99.1 Å². The lowest BCUT2D eigenvalue weighted by atomic mass is 10.1. The van der Waals surface area contributed by atoms with Gasteiger partial charge >= 0.3 is 0 Å². The summed E-state index contributed by atoms with van der Waals surface area (Å²) in [6.07, 6.45) is 1.65. The van der Waals surface area contributed by atoms with Crippen LogP contribution in [0.2, 0.25) is 5.28 Å². The molecule has 0 aliphatic carbocycles. The Hall–Kier alpha value is -1.45. The van der Waals surface area contributed by atoms with Gasteiger partial charge in [0.2, 0.25) is 5.28 Å². The first-order chi connectivity index (χ1) is 7.79. The van der Waals surface area contributed by atoms with Gasteiger partial charge in [-0.1, -0.05) is 18.2 Å². The van der Waals surface area contributed by atoms with E-state index in [1.807, 2.05) is 30.3 Å². The van der Waals surface area contributed by atoms with Crippen molar-refractivity contribution in [3.05, 3.63) is 47.4 Å². The van der Waals surface area contributed by atoms with Gasteiger partial charge in [-0.25, -0.2) is 9.97 Å². The minimum Gasteiger partial charge on any atom is -0.380 e. The van der Waals surface area contributed by atoms with Crippen molar-refractivity contribution in [1.82, 2.24) is 9.97 Å². The van der Waals surface area contributed by atoms with Crippen LogP contribution < -0.4 is 0 Å². The Morgan fingerprint density at radius 3 is 2.94 bits per heavy atom. The van der Waals surface area contributed by atoms with Crippen LogP contribution in [0.25, 0.3) is 11.3 Å². The van der Waals surface area contributed by atoms with Crippen molar-refractivity contribution >= 4 is 11.6 Å². The summed E-state index contributed by atoms with van der Waals surface area (Å²) in [7, 11) is 1.67. The van der Waals surface area contributed by atoms with Gasteiger partial charge in [-0.15, -0.1) is 0 Å². The van der Waals surface area contributed by atoms with E-state index in [9.17, 15) is 0 Å². The summed E-state index contributed by atoms with van der Waals surface area (Å²) in [5.41, 5.74) is 2.94. The Balaban J connectivity index is 2.36. The molecule has 0 spiro atoms. The van der Waals surface area contributed by atoms with E-state index < -0.39 is 0 Å². The van der Waals surface area contributed by atoms with E-state index in [0.29, 0.717) is 6.61 Å². The first-order valence-electron chi connectivity index (χ1n) is 4.86. The van der Waals surface area contributed by atoms with Crippen LogP contribution in [-0.4, -0.2) is 17.1 Å². The molecular formula is C12H11ClN2O. The fraction of sp³-hybridized carbons (Fsp3) is 0.167. The summed E-state index contributed by atoms with van der Waals surface area (Å²) < 4.78 is 5.08. The van der Waals surface area contributed by atoms with Crippen molar-refractivity contribution in [2.75, 3.05) is 7.11 Å². The average molecular weight is 235 g/mol. The van der Waals surface area contributed by atoms with Crippen molar-refractivity contribution in [2.24, 2.45) is 0 Å². The number of hydrogen-bond acceptors (Lipinski definition) is 3. The van der Waals surface area contributed by atoms with Gasteiger partial charge in [-0.2, -0.15) is 0 Å². The molecule has 0 unspecified atom stereocenters. The van der Waals surface area contributed by atoms with E-state index in [2.05, 4.69) is 9.97 Å². The van der Waals surface area contributed by atoms with Gasteiger partial charge in [0.05, 0.1) is 12.3 Å². The molecule has 4 heteroatoms. The van der Waals surface area contributed by atoms with E-state index in [1.165, 1.54) is 0 Å². The standard InChI is InChI=1S/C12H11ClN2O/c1-16-8-9-3-2-4-10(7-9)11-5-6-14-12(13)15-11/h2-7H,8H2,1H3. The maximum Gasteiger partial charge on any atom is 0.222 e. The van der Waals surface area contributed by atoms with Gasteiger partial charge in [0.1, 0.15) is 0 Å². The Kier molecular flexibility index (Phi) is 3.49. The average Bonchev–Trinajstić information content (AvgIpc) is 2.30. The molecule has 3 nitrogen and oxygen atoms in total. The molecule has 0 amide bonds. The van der Waals surface area contributed by atoms with Gasteiger partial charge in [0.25, 0.3) is 0 Å². The number of benzene rings is 1. The predicted molar refractivity (Wildman–Crippen MR) is 63.2 cm³/mol. The lowest BCUT2D eigenvalue weighted by Crippen LogP contribution is -1.90. The molecule has 0 saturated heterocycles. The summed E-state index contributed by atoms with van der Waals surface area (Å²) in [6, 6.07) is 9.83. The summed E-state index contributed by atoms with van der Waals surface area (Å²) in [5, 5.41) is 0.259. The SMILES string of the molecule is COCc1cccc(-c2ccnc(Cl)n2)c1. The van der Waals surface area contributed by atoms with Crippen molar-refractivity contribution < 1.29 is 4.74 Å². The highest BCUT2D eigenvalue weighted by atomic mass is 35.5. The number of rotatable bonds is 3. The highest BCUT2D eigenvalue weighted by Crippen LogP contribution is 2.19. The molecule has 0 N–H and O–H groups in total. The van der Waals surface area contributed by atoms with Gasteiger partial charge in [-0.05, 0) is 29.3 Å². The van der Waals surface area contributed by atoms with Crippen LogP contribution in [-0.2, 0) is 11.3 Å². The van der Waals surface area contributed by atoms with Crippen molar-refractivity contribution in [2.45, 2.75) is 6.61 Å². The molecule has 2 aromatic rings. The molecule has 2 rings (SSSR count). The normalized spacial score (nSPS) is 10.4. The number of hydrogen-bond donors (Lipinski definition) is 0. The molecule has 0 aliphatic rings. The van der Waals surface area contributed by atoms with Crippen LogP contribution in [0.5, 0.6) is 0 Å². The molecule has 1 aromatic carbocycles. The van der Waals surface area contributed by atoms with E-state index in [4.69, 9.17) is 16.3 Å². The van der Waals surface area contributed by atoms with Crippen molar-refractivity contribution in [1.29, 1.82) is 0 Å². The van der Waals surface area contributed by atoms with Crippen LogP contribution >= 0.6 is 11.6 Å². The third-order valence-corrected chi connectivity index (χ3v) is 2.34. The third kappa shape index (κ3) is 2.56. The number of halogens is 1. The molecule has 0 bridgehead atoms. The minimum atomic E-state index is 0.259. The minimum absolute atomic E-state index is 0.259. The van der Waals surface area contributed by atoms with E-state index in [0.717, 1.165) is 16.8 Å². The number of aromatic nitrogens is 2. The first kappa shape index (κ1) is 11.0. The zero-order valence-corrected chi connectivity index (χ0v) is 9.61. The molecule has 1 aromatic heterocycles. The molecule has 16 heavy (non-hydrogen) atoms. The van der Waals surface area contributed by atoms with Crippen LogP contribution in [0.4, 0.5) is 0 Å². The number of nitrogens with zero attached hydrogens (tertiary/aromatic N) is 2. The molecule has 0 radical (unpaired) electrons. The second-order valence-corrected chi connectivity index (χ2v) is 3.68. The summed E-state index contributed by atoms with van der Waals surface area (Å²) in [6.45, 7) is 0.590. The Bertz CT molecular complexity index is 488. The highest BCUT2D eigenvalue weighted by Gasteiger charge is 2.01. The summed E-state index contributed by atoms with van der Waals surface area (Å²) in [4.78, 5) is 8.01. The van der Waals surface area contributed by atoms with E-state index in [-0.39, 0.29) is 5.28 Å². The first-order valence-corrected chi connectivity index (χ1v) is 5.24. The fourth-order valence-corrected chi connectivity index (χ4v) is 1.63. The Morgan fingerprint density at radius 2 is 2.19 bits per heavy atom. The smallest absolute Gasteiger partial charge is 0.222 e. The van der Waals surface area contributed by atoms with Gasteiger partial charge in [0, 0.05) is 18.9 Å². The van der Waals surface area contributed by atoms with Crippen LogP contribution in [0, 0.1) is 0 Å². The summed E-state index contributed by atoms with van der Waals surface area (Å²) >= 11 is 5.75. The fourth-order valence-electron chi connectivity index (χ4n) is 1.48. The summed E-state index contributed by atoms with van der Waals surface area (Å²) in [5.74, 6) is 0. The largest absolute Gasteiger partial charge is 0.380 e. The third-order valence-electron chi connectivity index (χ3n) is 2.16. The second-order valence-electron chi connectivity index (χ2n) is 3.34. The molecule has 0 aliphatic heterocycles. The second kappa shape index (κ2) is 5.05. The molecular weight excluding hydrogens is 224 g/mol. The topological polar surface area (TPSA) is 35.0 Å². The molecule has 1 heterocycles. The van der Waals surface area contributed by atoms with Crippen LogP contribution in [0.3, 0.4) is 0 Å². The zero-order chi connectivity index (χ0) is 11.4. The molecule has 0 atom stereocenters. The van der Waals surface area contributed by atoms with Crippen LogP contribution in [0.1, 0.15) is 5.56 Å². The molecule has 82 valence electrons. The van der Waals surface area contributed by atoms with E-state index >= 15 is 0 Å². The predicted octanol–water partition coefficient (Wildman–Crippen LogP) is 2.94. The lowest BCUT2D eigenvalue weighted by molar-refractivity contribution is 0.185. The maximum absolute atomic E-state index is 5.75. The van der Waals surface area contributed by atoms with Crippen molar-refractivity contribution in [3.8, 4) is 11.3 Å². The van der Waals surface area contributed by atoms with Crippen LogP contribution in [0.15, 0.2) is 36.5 Å². The van der Waals surface area contributed by atoms with Gasteiger partial charge in [-0.3, -0.25) is 0 Å². The number of ether oxygens (including phenoxy) is 1. The van der Waals surface area contributed by atoms with Crippen molar-refractivity contribution in [3.63, 3.8) is 0 Å². The number of methoxy groups -OCH3 is 1. The zero-order valence-electron chi connectivity index (χ0n) is 8.85. The maximum atomic E-state index is 5.75. The van der Waals surface area contributed by atoms with E-state index in [1.54, 1.807) is 13.3 Å². The molecule has 0 saturated carbocycles. The quantitative estimate of drug-likeness (QED) is 0.766. The highest BCUT2D eigenvalue weighted by molar-refractivity contribution is 6.28. The molecule has 0 fully saturated rings.